The summed E-state index contributed by atoms with van der Waals surface area (Å²) in [6.07, 6.45) is 0. The number of imide groups is 1. The molecule has 1 heterocycles. The highest BCUT2D eigenvalue weighted by Gasteiger charge is 2.11. The van der Waals surface area contributed by atoms with Crippen molar-refractivity contribution >= 4 is 40.6 Å². The number of halogens is 1. The zero-order chi connectivity index (χ0) is 15.9. The van der Waals surface area contributed by atoms with Crippen LogP contribution in [0.1, 0.15) is 4.88 Å². The predicted octanol–water partition coefficient (Wildman–Crippen LogP) is 3.18. The monoisotopic (exact) mass is 337 g/mol. The van der Waals surface area contributed by atoms with Gasteiger partial charge in [-0.05, 0) is 31.3 Å². The lowest BCUT2D eigenvalue weighted by Gasteiger charge is -2.15. The molecule has 116 valence electrons. The fourth-order valence-electron chi connectivity index (χ4n) is 1.85. The molecule has 1 aromatic heterocycles. The number of amides is 3. The second kappa shape index (κ2) is 7.93. The fourth-order valence-corrected chi connectivity index (χ4v) is 3.02. The van der Waals surface area contributed by atoms with Gasteiger partial charge in [0.05, 0.1) is 10.9 Å². The Kier molecular flexibility index (Phi) is 5.94. The first-order valence-electron chi connectivity index (χ1n) is 6.61. The highest BCUT2D eigenvalue weighted by molar-refractivity contribution is 7.16. The first-order chi connectivity index (χ1) is 10.5. The van der Waals surface area contributed by atoms with Gasteiger partial charge in [0.2, 0.25) is 5.91 Å². The molecular formula is C15H16ClN3O2S. The Morgan fingerprint density at radius 3 is 2.55 bits per heavy atom. The smallest absolute Gasteiger partial charge is 0.308 e. The Bertz CT molecular complexity index is 645. The highest BCUT2D eigenvalue weighted by atomic mass is 35.5. The molecule has 22 heavy (non-hydrogen) atoms. The number of nitrogens with one attached hydrogen (secondary N) is 2. The first-order valence-corrected chi connectivity index (χ1v) is 7.81. The molecule has 0 aliphatic carbocycles. The molecule has 2 aromatic rings. The number of hydrogen-bond donors (Lipinski definition) is 2. The van der Waals surface area contributed by atoms with Crippen molar-refractivity contribution in [2.75, 3.05) is 18.9 Å². The van der Waals surface area contributed by atoms with Gasteiger partial charge < -0.3 is 5.32 Å². The summed E-state index contributed by atoms with van der Waals surface area (Å²) in [5.41, 5.74) is 0.634. The van der Waals surface area contributed by atoms with E-state index in [4.69, 9.17) is 11.6 Å². The molecule has 0 saturated carbocycles. The summed E-state index contributed by atoms with van der Waals surface area (Å²) in [4.78, 5) is 26.4. The molecule has 3 amide bonds. The summed E-state index contributed by atoms with van der Waals surface area (Å²) in [5, 5.41) is 4.89. The topological polar surface area (TPSA) is 61.4 Å². The van der Waals surface area contributed by atoms with Gasteiger partial charge >= 0.3 is 6.03 Å². The standard InChI is InChI=1S/C15H16ClN3O2S/c1-19(9-12-7-8-13(16)22-12)10-14(20)18-15(21)17-11-5-3-2-4-6-11/h2-8H,9-10H2,1H3,(H2,17,18,20,21). The molecule has 0 unspecified atom stereocenters. The normalized spacial score (nSPS) is 10.5. The molecule has 0 atom stereocenters. The van der Waals surface area contributed by atoms with Crippen LogP contribution in [0.25, 0.3) is 0 Å². The van der Waals surface area contributed by atoms with Crippen molar-refractivity contribution < 1.29 is 9.59 Å². The molecule has 2 N–H and O–H groups in total. The van der Waals surface area contributed by atoms with Crippen LogP contribution in [-0.2, 0) is 11.3 Å². The average molecular weight is 338 g/mol. The maximum atomic E-state index is 11.8. The molecule has 2 rings (SSSR count). The molecule has 0 aliphatic rings. The number of hydrogen-bond acceptors (Lipinski definition) is 4. The van der Waals surface area contributed by atoms with E-state index in [9.17, 15) is 9.59 Å². The molecule has 7 heteroatoms. The van der Waals surface area contributed by atoms with E-state index >= 15 is 0 Å². The highest BCUT2D eigenvalue weighted by Crippen LogP contribution is 2.22. The van der Waals surface area contributed by atoms with Gasteiger partial charge in [0.1, 0.15) is 0 Å². The Morgan fingerprint density at radius 2 is 1.91 bits per heavy atom. The third-order valence-corrected chi connectivity index (χ3v) is 3.97. The molecule has 0 bridgehead atoms. The zero-order valence-corrected chi connectivity index (χ0v) is 13.6. The Morgan fingerprint density at radius 1 is 1.18 bits per heavy atom. The van der Waals surface area contributed by atoms with Crippen LogP contribution in [0.4, 0.5) is 10.5 Å². The number of nitrogens with zero attached hydrogens (tertiary/aromatic N) is 1. The quantitative estimate of drug-likeness (QED) is 0.880. The summed E-state index contributed by atoms with van der Waals surface area (Å²) in [6.45, 7) is 0.725. The van der Waals surface area contributed by atoms with Crippen LogP contribution in [0.3, 0.4) is 0 Å². The second-order valence-corrected chi connectivity index (χ2v) is 6.55. The third kappa shape index (κ3) is 5.48. The number of carbonyl (C=O) groups is 2. The van der Waals surface area contributed by atoms with Crippen LogP contribution >= 0.6 is 22.9 Å². The fraction of sp³-hybridized carbons (Fsp3) is 0.200. The van der Waals surface area contributed by atoms with E-state index in [1.54, 1.807) is 24.3 Å². The zero-order valence-electron chi connectivity index (χ0n) is 12.0. The number of rotatable bonds is 5. The van der Waals surface area contributed by atoms with Gasteiger partial charge in [0.25, 0.3) is 0 Å². The molecule has 0 saturated heterocycles. The summed E-state index contributed by atoms with van der Waals surface area (Å²) in [7, 11) is 1.81. The SMILES string of the molecule is CN(CC(=O)NC(=O)Nc1ccccc1)Cc1ccc(Cl)s1. The Balaban J connectivity index is 1.76. The van der Waals surface area contributed by atoms with Gasteiger partial charge in [-0.25, -0.2) is 4.79 Å². The van der Waals surface area contributed by atoms with Crippen molar-refractivity contribution in [1.82, 2.24) is 10.2 Å². The molecular weight excluding hydrogens is 322 g/mol. The van der Waals surface area contributed by atoms with Crippen LogP contribution in [-0.4, -0.2) is 30.4 Å². The number of para-hydroxylation sites is 1. The van der Waals surface area contributed by atoms with Crippen LogP contribution in [0.5, 0.6) is 0 Å². The lowest BCUT2D eigenvalue weighted by atomic mass is 10.3. The number of thiophene rings is 1. The molecule has 5 nitrogen and oxygen atoms in total. The molecule has 0 aliphatic heterocycles. The van der Waals surface area contributed by atoms with Crippen molar-refractivity contribution in [2.45, 2.75) is 6.54 Å². The number of likely N-dealkylation sites (N-methyl/N-ethyl adjacent to an activating group) is 1. The third-order valence-electron chi connectivity index (χ3n) is 2.75. The number of benzene rings is 1. The van der Waals surface area contributed by atoms with Crippen molar-refractivity contribution in [3.8, 4) is 0 Å². The second-order valence-electron chi connectivity index (χ2n) is 4.75. The minimum atomic E-state index is -0.538. The van der Waals surface area contributed by atoms with Gasteiger partial charge in [-0.15, -0.1) is 11.3 Å². The van der Waals surface area contributed by atoms with E-state index in [0.29, 0.717) is 12.2 Å². The van der Waals surface area contributed by atoms with Crippen LogP contribution in [0, 0.1) is 0 Å². The maximum Gasteiger partial charge on any atom is 0.325 e. The Hall–Kier alpha value is -1.89. The average Bonchev–Trinajstić information content (AvgIpc) is 2.84. The molecule has 0 radical (unpaired) electrons. The van der Waals surface area contributed by atoms with Crippen molar-refractivity contribution in [3.63, 3.8) is 0 Å². The lowest BCUT2D eigenvalue weighted by Crippen LogP contribution is -2.40. The predicted molar refractivity (Wildman–Crippen MR) is 89.3 cm³/mol. The maximum absolute atomic E-state index is 11.8. The molecule has 1 aromatic carbocycles. The van der Waals surface area contributed by atoms with Gasteiger partial charge in [-0.3, -0.25) is 15.0 Å². The minimum Gasteiger partial charge on any atom is -0.308 e. The van der Waals surface area contributed by atoms with Crippen molar-refractivity contribution in [1.29, 1.82) is 0 Å². The Labute approximate surface area is 137 Å². The lowest BCUT2D eigenvalue weighted by molar-refractivity contribution is -0.120. The van der Waals surface area contributed by atoms with Crippen LogP contribution < -0.4 is 10.6 Å². The number of anilines is 1. The van der Waals surface area contributed by atoms with E-state index in [0.717, 1.165) is 9.21 Å². The minimum absolute atomic E-state index is 0.123. The van der Waals surface area contributed by atoms with Gasteiger partial charge in [-0.2, -0.15) is 0 Å². The van der Waals surface area contributed by atoms with Gasteiger partial charge in [-0.1, -0.05) is 29.8 Å². The van der Waals surface area contributed by atoms with Gasteiger partial charge in [0, 0.05) is 17.1 Å². The number of urea groups is 1. The van der Waals surface area contributed by atoms with E-state index in [1.807, 2.05) is 30.1 Å². The summed E-state index contributed by atoms with van der Waals surface area (Å²) in [6, 6.07) is 12.2. The van der Waals surface area contributed by atoms with Crippen LogP contribution in [0.2, 0.25) is 4.34 Å². The molecule has 0 spiro atoms. The van der Waals surface area contributed by atoms with E-state index in [-0.39, 0.29) is 12.5 Å². The van der Waals surface area contributed by atoms with E-state index in [1.165, 1.54) is 11.3 Å². The first kappa shape index (κ1) is 16.5. The summed E-state index contributed by atoms with van der Waals surface area (Å²) < 4.78 is 0.718. The van der Waals surface area contributed by atoms with Gasteiger partial charge in [0.15, 0.2) is 0 Å². The van der Waals surface area contributed by atoms with Crippen LogP contribution in [0.15, 0.2) is 42.5 Å². The molecule has 0 fully saturated rings. The van der Waals surface area contributed by atoms with Crippen molar-refractivity contribution in [3.05, 3.63) is 51.7 Å². The number of carbonyl (C=O) groups excluding carboxylic acids is 2. The largest absolute Gasteiger partial charge is 0.325 e. The van der Waals surface area contributed by atoms with E-state index < -0.39 is 6.03 Å². The summed E-state index contributed by atoms with van der Waals surface area (Å²) in [5.74, 6) is -0.362. The van der Waals surface area contributed by atoms with Crippen molar-refractivity contribution in [2.24, 2.45) is 0 Å². The van der Waals surface area contributed by atoms with E-state index in [2.05, 4.69) is 10.6 Å². The summed E-state index contributed by atoms with van der Waals surface area (Å²) >= 11 is 7.33.